The smallest absolute Gasteiger partial charge is 0.250 e. The zero-order valence-corrected chi connectivity index (χ0v) is 11.2. The fourth-order valence-electron chi connectivity index (χ4n) is 2.12. The lowest BCUT2D eigenvalue weighted by Crippen LogP contribution is -2.07. The number of hydrogen-bond donors (Lipinski definition) is 1. The summed E-state index contributed by atoms with van der Waals surface area (Å²) in [5.41, 5.74) is 4.86. The molecule has 0 atom stereocenters. The SMILES string of the molecule is CCc1c(C)nn(-c2ncc(CO)c(C)n2)c1C. The van der Waals surface area contributed by atoms with Crippen molar-refractivity contribution >= 4 is 0 Å². The van der Waals surface area contributed by atoms with Gasteiger partial charge in [-0.1, -0.05) is 6.92 Å². The van der Waals surface area contributed by atoms with Crippen LogP contribution in [0.4, 0.5) is 0 Å². The third-order valence-corrected chi connectivity index (χ3v) is 3.22. The minimum atomic E-state index is -0.0383. The first kappa shape index (κ1) is 12.7. The molecule has 96 valence electrons. The molecule has 0 saturated heterocycles. The summed E-state index contributed by atoms with van der Waals surface area (Å²) in [4.78, 5) is 8.65. The molecule has 2 heterocycles. The van der Waals surface area contributed by atoms with Crippen LogP contribution in [-0.2, 0) is 13.0 Å². The van der Waals surface area contributed by atoms with E-state index in [9.17, 15) is 0 Å². The standard InChI is InChI=1S/C13H18N4O/c1-5-12-9(3)16-17(10(12)4)13-14-6-11(7-18)8(2)15-13/h6,18H,5,7H2,1-4H3. The molecule has 0 aromatic carbocycles. The molecule has 0 aliphatic carbocycles. The zero-order valence-electron chi connectivity index (χ0n) is 11.2. The average Bonchev–Trinajstić information content (AvgIpc) is 2.64. The van der Waals surface area contributed by atoms with Crippen molar-refractivity contribution in [1.82, 2.24) is 19.7 Å². The number of nitrogens with zero attached hydrogens (tertiary/aromatic N) is 4. The van der Waals surface area contributed by atoms with Crippen LogP contribution in [0.25, 0.3) is 5.95 Å². The molecule has 1 N–H and O–H groups in total. The van der Waals surface area contributed by atoms with Crippen molar-refractivity contribution in [2.45, 2.75) is 40.7 Å². The molecule has 0 aliphatic rings. The van der Waals surface area contributed by atoms with Crippen molar-refractivity contribution in [3.63, 3.8) is 0 Å². The van der Waals surface area contributed by atoms with E-state index in [4.69, 9.17) is 5.11 Å². The number of aryl methyl sites for hydroxylation is 2. The molecule has 18 heavy (non-hydrogen) atoms. The largest absolute Gasteiger partial charge is 0.392 e. The number of aliphatic hydroxyl groups is 1. The molecule has 0 unspecified atom stereocenters. The monoisotopic (exact) mass is 246 g/mol. The lowest BCUT2D eigenvalue weighted by atomic mass is 10.1. The summed E-state index contributed by atoms with van der Waals surface area (Å²) in [7, 11) is 0. The maximum atomic E-state index is 9.12. The summed E-state index contributed by atoms with van der Waals surface area (Å²) in [6.07, 6.45) is 2.60. The molecule has 2 rings (SSSR count). The van der Waals surface area contributed by atoms with E-state index in [1.165, 1.54) is 5.56 Å². The van der Waals surface area contributed by atoms with Gasteiger partial charge in [0.1, 0.15) is 0 Å². The fourth-order valence-corrected chi connectivity index (χ4v) is 2.12. The van der Waals surface area contributed by atoms with Crippen molar-refractivity contribution in [3.8, 4) is 5.95 Å². The Balaban J connectivity index is 2.52. The Kier molecular flexibility index (Phi) is 3.43. The highest BCUT2D eigenvalue weighted by atomic mass is 16.3. The zero-order chi connectivity index (χ0) is 13.3. The molecule has 0 radical (unpaired) electrons. The fraction of sp³-hybridized carbons (Fsp3) is 0.462. The second kappa shape index (κ2) is 4.86. The van der Waals surface area contributed by atoms with E-state index in [0.717, 1.165) is 29.1 Å². The quantitative estimate of drug-likeness (QED) is 0.894. The Morgan fingerprint density at radius 1 is 1.22 bits per heavy atom. The number of aromatic nitrogens is 4. The van der Waals surface area contributed by atoms with Crippen LogP contribution in [0, 0.1) is 20.8 Å². The van der Waals surface area contributed by atoms with Gasteiger partial charge in [0.15, 0.2) is 0 Å². The molecule has 5 heteroatoms. The highest BCUT2D eigenvalue weighted by molar-refractivity contribution is 5.30. The lowest BCUT2D eigenvalue weighted by molar-refractivity contribution is 0.280. The van der Waals surface area contributed by atoms with Crippen LogP contribution in [0.5, 0.6) is 0 Å². The molecule has 5 nitrogen and oxygen atoms in total. The Bertz CT molecular complexity index is 575. The van der Waals surface area contributed by atoms with E-state index in [0.29, 0.717) is 5.95 Å². The molecule has 2 aromatic rings. The van der Waals surface area contributed by atoms with E-state index in [1.54, 1.807) is 10.9 Å². The Morgan fingerprint density at radius 2 is 1.94 bits per heavy atom. The summed E-state index contributed by atoms with van der Waals surface area (Å²) in [6.45, 7) is 7.96. The van der Waals surface area contributed by atoms with Crippen LogP contribution < -0.4 is 0 Å². The summed E-state index contributed by atoms with van der Waals surface area (Å²) >= 11 is 0. The van der Waals surface area contributed by atoms with Gasteiger partial charge in [-0.3, -0.25) is 0 Å². The summed E-state index contributed by atoms with van der Waals surface area (Å²) in [5.74, 6) is 0.560. The first-order valence-corrected chi connectivity index (χ1v) is 6.07. The van der Waals surface area contributed by atoms with Crippen molar-refractivity contribution < 1.29 is 5.11 Å². The Morgan fingerprint density at radius 3 is 2.44 bits per heavy atom. The number of rotatable bonds is 3. The highest BCUT2D eigenvalue weighted by Gasteiger charge is 2.13. The van der Waals surface area contributed by atoms with Crippen molar-refractivity contribution in [2.24, 2.45) is 0 Å². The Labute approximate surface area is 107 Å². The maximum Gasteiger partial charge on any atom is 0.250 e. The highest BCUT2D eigenvalue weighted by Crippen LogP contribution is 2.16. The van der Waals surface area contributed by atoms with E-state index in [-0.39, 0.29) is 6.61 Å². The average molecular weight is 246 g/mol. The number of hydrogen-bond acceptors (Lipinski definition) is 4. The van der Waals surface area contributed by atoms with Crippen LogP contribution in [0.2, 0.25) is 0 Å². The molecular weight excluding hydrogens is 228 g/mol. The molecule has 0 bridgehead atoms. The lowest BCUT2D eigenvalue weighted by Gasteiger charge is -2.06. The van der Waals surface area contributed by atoms with Gasteiger partial charge in [0, 0.05) is 23.1 Å². The molecule has 0 saturated carbocycles. The van der Waals surface area contributed by atoms with Gasteiger partial charge in [-0.15, -0.1) is 0 Å². The van der Waals surface area contributed by atoms with E-state index in [2.05, 4.69) is 22.0 Å². The first-order chi connectivity index (χ1) is 8.58. The van der Waals surface area contributed by atoms with Gasteiger partial charge in [0.2, 0.25) is 0 Å². The molecule has 2 aromatic heterocycles. The third kappa shape index (κ3) is 2.01. The normalized spacial score (nSPS) is 10.9. The van der Waals surface area contributed by atoms with Crippen LogP contribution >= 0.6 is 0 Å². The van der Waals surface area contributed by atoms with E-state index >= 15 is 0 Å². The second-order valence-corrected chi connectivity index (χ2v) is 4.35. The van der Waals surface area contributed by atoms with Gasteiger partial charge in [0.05, 0.1) is 12.3 Å². The minimum Gasteiger partial charge on any atom is -0.392 e. The van der Waals surface area contributed by atoms with Gasteiger partial charge >= 0.3 is 0 Å². The first-order valence-electron chi connectivity index (χ1n) is 6.07. The molecule has 0 aliphatic heterocycles. The van der Waals surface area contributed by atoms with Crippen LogP contribution in [0.15, 0.2) is 6.20 Å². The molecule has 0 fully saturated rings. The third-order valence-electron chi connectivity index (χ3n) is 3.22. The summed E-state index contributed by atoms with van der Waals surface area (Å²) < 4.78 is 1.77. The van der Waals surface area contributed by atoms with Gasteiger partial charge in [-0.2, -0.15) is 5.10 Å². The van der Waals surface area contributed by atoms with Gasteiger partial charge in [-0.25, -0.2) is 14.6 Å². The summed E-state index contributed by atoms with van der Waals surface area (Å²) in [5, 5.41) is 13.6. The van der Waals surface area contributed by atoms with Crippen molar-refractivity contribution in [3.05, 3.63) is 34.4 Å². The number of aliphatic hydroxyl groups excluding tert-OH is 1. The van der Waals surface area contributed by atoms with Crippen LogP contribution in [-0.4, -0.2) is 24.9 Å². The van der Waals surface area contributed by atoms with Gasteiger partial charge in [-0.05, 0) is 32.8 Å². The Hall–Kier alpha value is -1.75. The van der Waals surface area contributed by atoms with E-state index in [1.807, 2.05) is 20.8 Å². The van der Waals surface area contributed by atoms with Gasteiger partial charge < -0.3 is 5.11 Å². The summed E-state index contributed by atoms with van der Waals surface area (Å²) in [6, 6.07) is 0. The molecule has 0 spiro atoms. The molecular formula is C13H18N4O. The molecule has 0 amide bonds. The van der Waals surface area contributed by atoms with E-state index < -0.39 is 0 Å². The van der Waals surface area contributed by atoms with Crippen LogP contribution in [0.3, 0.4) is 0 Å². The predicted octanol–water partition coefficient (Wildman–Crippen LogP) is 1.64. The van der Waals surface area contributed by atoms with Crippen LogP contribution in [0.1, 0.15) is 35.1 Å². The maximum absolute atomic E-state index is 9.12. The minimum absolute atomic E-state index is 0.0383. The topological polar surface area (TPSA) is 63.8 Å². The van der Waals surface area contributed by atoms with Crippen molar-refractivity contribution in [1.29, 1.82) is 0 Å². The van der Waals surface area contributed by atoms with Gasteiger partial charge in [0.25, 0.3) is 5.95 Å². The second-order valence-electron chi connectivity index (χ2n) is 4.35. The predicted molar refractivity (Wildman–Crippen MR) is 68.7 cm³/mol. The van der Waals surface area contributed by atoms with Crippen molar-refractivity contribution in [2.75, 3.05) is 0 Å².